The molecule has 1 saturated carbocycles. The van der Waals surface area contributed by atoms with Crippen molar-refractivity contribution in [2.45, 2.75) is 38.1 Å². The maximum absolute atomic E-state index is 14.0. The van der Waals surface area contributed by atoms with Crippen molar-refractivity contribution in [3.63, 3.8) is 0 Å². The highest BCUT2D eigenvalue weighted by atomic mass is 79.9. The fourth-order valence-electron chi connectivity index (χ4n) is 2.83. The normalized spacial score (nSPS) is 16.7. The first-order valence-electron chi connectivity index (χ1n) is 7.08. The Balaban J connectivity index is 1.89. The number of aromatic nitrogens is 2. The molecule has 7 heteroatoms. The highest BCUT2D eigenvalue weighted by Crippen LogP contribution is 2.37. The zero-order valence-corrected chi connectivity index (χ0v) is 13.6. The molecule has 2 aromatic rings. The van der Waals surface area contributed by atoms with E-state index in [4.69, 9.17) is 4.52 Å². The van der Waals surface area contributed by atoms with Crippen molar-refractivity contribution in [2.75, 3.05) is 0 Å². The maximum atomic E-state index is 14.0. The van der Waals surface area contributed by atoms with Gasteiger partial charge in [-0.1, -0.05) is 33.9 Å². The Labute approximate surface area is 135 Å². The molecule has 1 heterocycles. The minimum atomic E-state index is -0.672. The predicted octanol–water partition coefficient (Wildman–Crippen LogP) is 3.48. The number of halogens is 2. The van der Waals surface area contributed by atoms with Crippen LogP contribution in [0.5, 0.6) is 0 Å². The van der Waals surface area contributed by atoms with Crippen LogP contribution in [0.3, 0.4) is 0 Å². The lowest BCUT2D eigenvalue weighted by Crippen LogP contribution is -2.45. The fraction of sp³-hybridized carbons (Fsp3) is 0.400. The SMILES string of the molecule is Cc1nc(C2(NC(=O)c3ccc(Br)cc3F)CCCC2)no1. The van der Waals surface area contributed by atoms with Crippen LogP contribution in [0.25, 0.3) is 0 Å². The van der Waals surface area contributed by atoms with Gasteiger partial charge in [-0.25, -0.2) is 4.39 Å². The van der Waals surface area contributed by atoms with E-state index in [0.29, 0.717) is 16.2 Å². The number of nitrogens with one attached hydrogen (secondary N) is 1. The van der Waals surface area contributed by atoms with Gasteiger partial charge in [0.25, 0.3) is 5.91 Å². The molecular weight excluding hydrogens is 353 g/mol. The Hall–Kier alpha value is -1.76. The first-order valence-corrected chi connectivity index (χ1v) is 7.88. The second kappa shape index (κ2) is 5.79. The molecule has 0 atom stereocenters. The third-order valence-electron chi connectivity index (χ3n) is 3.94. The Morgan fingerprint density at radius 2 is 2.14 bits per heavy atom. The van der Waals surface area contributed by atoms with Gasteiger partial charge in [0.2, 0.25) is 5.89 Å². The predicted molar refractivity (Wildman–Crippen MR) is 80.7 cm³/mol. The van der Waals surface area contributed by atoms with Crippen LogP contribution in [-0.2, 0) is 5.54 Å². The fourth-order valence-corrected chi connectivity index (χ4v) is 3.17. The monoisotopic (exact) mass is 367 g/mol. The van der Waals surface area contributed by atoms with Crippen LogP contribution < -0.4 is 5.32 Å². The molecule has 22 heavy (non-hydrogen) atoms. The standard InChI is InChI=1S/C15H15BrFN3O2/c1-9-18-14(20-22-9)15(6-2-3-7-15)19-13(21)11-5-4-10(16)8-12(11)17/h4-5,8H,2-3,6-7H2,1H3,(H,19,21). The quantitative estimate of drug-likeness (QED) is 0.901. The molecule has 0 aliphatic heterocycles. The lowest BCUT2D eigenvalue weighted by atomic mass is 9.96. The van der Waals surface area contributed by atoms with Crippen LogP contribution in [0.4, 0.5) is 4.39 Å². The molecule has 5 nitrogen and oxygen atoms in total. The van der Waals surface area contributed by atoms with Gasteiger partial charge in [-0.05, 0) is 31.0 Å². The van der Waals surface area contributed by atoms with Crippen molar-refractivity contribution in [2.24, 2.45) is 0 Å². The van der Waals surface area contributed by atoms with Gasteiger partial charge in [-0.15, -0.1) is 0 Å². The maximum Gasteiger partial charge on any atom is 0.255 e. The van der Waals surface area contributed by atoms with E-state index in [0.717, 1.165) is 25.7 Å². The summed E-state index contributed by atoms with van der Waals surface area (Å²) in [6, 6.07) is 4.37. The van der Waals surface area contributed by atoms with E-state index >= 15 is 0 Å². The highest BCUT2D eigenvalue weighted by Gasteiger charge is 2.41. The smallest absolute Gasteiger partial charge is 0.255 e. The largest absolute Gasteiger partial charge is 0.340 e. The molecule has 116 valence electrons. The molecule has 1 aromatic carbocycles. The van der Waals surface area contributed by atoms with Crippen LogP contribution in [0.2, 0.25) is 0 Å². The lowest BCUT2D eigenvalue weighted by molar-refractivity contribution is 0.0887. The highest BCUT2D eigenvalue weighted by molar-refractivity contribution is 9.10. The average molecular weight is 368 g/mol. The van der Waals surface area contributed by atoms with E-state index in [2.05, 4.69) is 31.4 Å². The summed E-state index contributed by atoms with van der Waals surface area (Å²) in [7, 11) is 0. The molecular formula is C15H15BrFN3O2. The molecule has 1 aromatic heterocycles. The van der Waals surface area contributed by atoms with E-state index < -0.39 is 17.3 Å². The van der Waals surface area contributed by atoms with Crippen LogP contribution in [-0.4, -0.2) is 16.0 Å². The van der Waals surface area contributed by atoms with Crippen molar-refractivity contribution in [1.29, 1.82) is 0 Å². The molecule has 0 radical (unpaired) electrons. The number of hydrogen-bond donors (Lipinski definition) is 1. The molecule has 0 saturated heterocycles. The zero-order valence-electron chi connectivity index (χ0n) is 12.0. The first kappa shape index (κ1) is 15.1. The number of aryl methyl sites for hydroxylation is 1. The van der Waals surface area contributed by atoms with E-state index in [1.54, 1.807) is 13.0 Å². The zero-order chi connectivity index (χ0) is 15.7. The summed E-state index contributed by atoms with van der Waals surface area (Å²) in [4.78, 5) is 16.7. The first-order chi connectivity index (χ1) is 10.5. The summed E-state index contributed by atoms with van der Waals surface area (Å²) in [5.74, 6) is -0.114. The number of hydrogen-bond acceptors (Lipinski definition) is 4. The Bertz CT molecular complexity index is 711. The number of carbonyl (C=O) groups is 1. The van der Waals surface area contributed by atoms with Crippen molar-refractivity contribution < 1.29 is 13.7 Å². The van der Waals surface area contributed by atoms with Crippen LogP contribution in [0, 0.1) is 12.7 Å². The summed E-state index contributed by atoms with van der Waals surface area (Å²) < 4.78 is 19.6. The van der Waals surface area contributed by atoms with E-state index in [1.165, 1.54) is 12.1 Å². The molecule has 1 aliphatic rings. The number of nitrogens with zero attached hydrogens (tertiary/aromatic N) is 2. The van der Waals surface area contributed by atoms with Crippen molar-refractivity contribution in [1.82, 2.24) is 15.5 Å². The number of rotatable bonds is 3. The molecule has 1 fully saturated rings. The second-order valence-corrected chi connectivity index (χ2v) is 6.42. The van der Waals surface area contributed by atoms with Crippen molar-refractivity contribution in [3.8, 4) is 0 Å². The van der Waals surface area contributed by atoms with Gasteiger partial charge in [-0.3, -0.25) is 4.79 Å². The van der Waals surface area contributed by atoms with Crippen LogP contribution >= 0.6 is 15.9 Å². The number of amides is 1. The van der Waals surface area contributed by atoms with E-state index in [-0.39, 0.29) is 5.56 Å². The molecule has 1 aliphatic carbocycles. The van der Waals surface area contributed by atoms with Crippen molar-refractivity contribution in [3.05, 3.63) is 45.8 Å². The summed E-state index contributed by atoms with van der Waals surface area (Å²) in [6.45, 7) is 1.70. The van der Waals surface area contributed by atoms with Crippen molar-refractivity contribution >= 4 is 21.8 Å². The Morgan fingerprint density at radius 3 is 2.73 bits per heavy atom. The Kier molecular flexibility index (Phi) is 3.99. The van der Waals surface area contributed by atoms with E-state index in [9.17, 15) is 9.18 Å². The molecule has 0 unspecified atom stereocenters. The van der Waals surface area contributed by atoms with Gasteiger partial charge in [0.05, 0.1) is 5.56 Å². The van der Waals surface area contributed by atoms with Gasteiger partial charge in [-0.2, -0.15) is 4.98 Å². The Morgan fingerprint density at radius 1 is 1.41 bits per heavy atom. The second-order valence-electron chi connectivity index (χ2n) is 5.50. The minimum absolute atomic E-state index is 0.00897. The number of benzene rings is 1. The third kappa shape index (κ3) is 2.77. The third-order valence-corrected chi connectivity index (χ3v) is 4.43. The van der Waals surface area contributed by atoms with Gasteiger partial charge < -0.3 is 9.84 Å². The van der Waals surface area contributed by atoms with Crippen LogP contribution in [0.15, 0.2) is 27.2 Å². The topological polar surface area (TPSA) is 68.0 Å². The lowest BCUT2D eigenvalue weighted by Gasteiger charge is -2.26. The minimum Gasteiger partial charge on any atom is -0.340 e. The van der Waals surface area contributed by atoms with Gasteiger partial charge in [0.15, 0.2) is 5.82 Å². The summed E-state index contributed by atoms with van der Waals surface area (Å²) >= 11 is 3.18. The molecule has 3 rings (SSSR count). The molecule has 0 bridgehead atoms. The van der Waals surface area contributed by atoms with Crippen LogP contribution in [0.1, 0.15) is 47.8 Å². The van der Waals surface area contributed by atoms with E-state index in [1.807, 2.05) is 0 Å². The molecule has 0 spiro atoms. The summed E-state index contributed by atoms with van der Waals surface area (Å²) in [6.07, 6.45) is 3.35. The number of carbonyl (C=O) groups excluding carboxylic acids is 1. The van der Waals surface area contributed by atoms with Gasteiger partial charge in [0.1, 0.15) is 11.4 Å². The molecule has 1 N–H and O–H groups in total. The summed E-state index contributed by atoms with van der Waals surface area (Å²) in [5.41, 5.74) is -0.663. The molecule has 1 amide bonds. The summed E-state index contributed by atoms with van der Waals surface area (Å²) in [5, 5.41) is 6.87. The van der Waals surface area contributed by atoms with Gasteiger partial charge >= 0.3 is 0 Å². The van der Waals surface area contributed by atoms with Gasteiger partial charge in [0, 0.05) is 11.4 Å². The average Bonchev–Trinajstić information content (AvgIpc) is 3.08.